The van der Waals surface area contributed by atoms with E-state index in [1.165, 1.54) is 16.2 Å². The number of halogens is 1. The molecule has 216 valence electrons. The summed E-state index contributed by atoms with van der Waals surface area (Å²) in [5, 5.41) is 12.4. The summed E-state index contributed by atoms with van der Waals surface area (Å²) >= 11 is 7.43. The molecular weight excluding hydrogens is 580 g/mol. The number of aromatic nitrogens is 1. The van der Waals surface area contributed by atoms with Crippen molar-refractivity contribution in [1.82, 2.24) is 4.98 Å². The van der Waals surface area contributed by atoms with E-state index in [9.17, 15) is 14.7 Å². The molecule has 0 saturated carbocycles. The Balaban J connectivity index is 1.53. The number of Topliss-reactive ketones (excluding diaryl/α,β-unsaturated/α-hetero) is 1. The minimum Gasteiger partial charge on any atom is -0.507 e. The van der Waals surface area contributed by atoms with Crippen molar-refractivity contribution in [2.75, 3.05) is 31.3 Å². The van der Waals surface area contributed by atoms with E-state index >= 15 is 0 Å². The summed E-state index contributed by atoms with van der Waals surface area (Å²) in [7, 11) is 0. The van der Waals surface area contributed by atoms with Gasteiger partial charge in [0.05, 0.1) is 35.0 Å². The van der Waals surface area contributed by atoms with E-state index < -0.39 is 17.7 Å². The van der Waals surface area contributed by atoms with E-state index in [-0.39, 0.29) is 11.3 Å². The van der Waals surface area contributed by atoms with Crippen molar-refractivity contribution < 1.29 is 33.6 Å². The van der Waals surface area contributed by atoms with Crippen molar-refractivity contribution >= 4 is 55.7 Å². The van der Waals surface area contributed by atoms with E-state index in [1.54, 1.807) is 54.6 Å². The molecule has 1 aromatic heterocycles. The number of aliphatic hydroxyl groups excluding tert-OH is 1. The lowest BCUT2D eigenvalue weighted by Gasteiger charge is -2.24. The smallest absolute Gasteiger partial charge is 0.301 e. The van der Waals surface area contributed by atoms with Crippen LogP contribution >= 0.6 is 22.9 Å². The lowest BCUT2D eigenvalue weighted by molar-refractivity contribution is -0.132. The number of ketones is 1. The molecule has 0 aliphatic carbocycles. The Morgan fingerprint density at radius 2 is 1.83 bits per heavy atom. The van der Waals surface area contributed by atoms with Gasteiger partial charge < -0.3 is 24.1 Å². The SMILES string of the molecule is CCCOc1ccc([C@H]2C(=C(O)c3ccc4c(c3)OCCO4)C(=O)C(=O)N2c2nc3ccc(Cl)cc3s2)cc1OCC. The number of fused-ring (bicyclic) bond motifs is 2. The average Bonchev–Trinajstić information content (AvgIpc) is 3.53. The molecule has 1 fully saturated rings. The zero-order valence-electron chi connectivity index (χ0n) is 22.9. The second kappa shape index (κ2) is 11.5. The predicted molar refractivity (Wildman–Crippen MR) is 160 cm³/mol. The van der Waals surface area contributed by atoms with Gasteiger partial charge in [0.1, 0.15) is 19.0 Å². The minimum absolute atomic E-state index is 0.0846. The molecule has 1 amide bonds. The van der Waals surface area contributed by atoms with Crippen LogP contribution in [-0.4, -0.2) is 48.2 Å². The maximum absolute atomic E-state index is 13.7. The molecule has 3 aromatic carbocycles. The van der Waals surface area contributed by atoms with E-state index in [0.717, 1.165) is 11.1 Å². The quantitative estimate of drug-likeness (QED) is 0.137. The van der Waals surface area contributed by atoms with Gasteiger partial charge in [-0.05, 0) is 67.4 Å². The molecule has 4 aromatic rings. The highest BCUT2D eigenvalue weighted by Gasteiger charge is 2.48. The van der Waals surface area contributed by atoms with Gasteiger partial charge in [-0.15, -0.1) is 0 Å². The van der Waals surface area contributed by atoms with Gasteiger partial charge in [0.15, 0.2) is 28.1 Å². The summed E-state index contributed by atoms with van der Waals surface area (Å²) in [4.78, 5) is 33.4. The molecule has 11 heteroatoms. The molecule has 9 nitrogen and oxygen atoms in total. The molecule has 1 saturated heterocycles. The first-order chi connectivity index (χ1) is 20.4. The number of nitrogens with zero attached hydrogens (tertiary/aromatic N) is 2. The van der Waals surface area contributed by atoms with Gasteiger partial charge in [-0.1, -0.05) is 35.9 Å². The third-order valence-electron chi connectivity index (χ3n) is 6.85. The van der Waals surface area contributed by atoms with E-state index in [1.807, 2.05) is 13.8 Å². The fourth-order valence-corrected chi connectivity index (χ4v) is 6.24. The van der Waals surface area contributed by atoms with Crippen LogP contribution in [0, 0.1) is 0 Å². The highest BCUT2D eigenvalue weighted by atomic mass is 35.5. The number of hydrogen-bond donors (Lipinski definition) is 1. The first-order valence-corrected chi connectivity index (χ1v) is 14.8. The van der Waals surface area contributed by atoms with Crippen LogP contribution in [0.1, 0.15) is 37.4 Å². The minimum atomic E-state index is -1.01. The monoisotopic (exact) mass is 606 g/mol. The second-order valence-corrected chi connectivity index (χ2v) is 11.1. The Bertz CT molecular complexity index is 1730. The van der Waals surface area contributed by atoms with Crippen molar-refractivity contribution in [3.05, 3.63) is 76.3 Å². The summed E-state index contributed by atoms with van der Waals surface area (Å²) in [5.74, 6) is -0.0128. The zero-order valence-corrected chi connectivity index (χ0v) is 24.5. The second-order valence-electron chi connectivity index (χ2n) is 9.62. The third-order valence-corrected chi connectivity index (χ3v) is 8.10. The van der Waals surface area contributed by atoms with E-state index in [2.05, 4.69) is 4.98 Å². The Morgan fingerprint density at radius 1 is 1.02 bits per heavy atom. The molecule has 1 N–H and O–H groups in total. The van der Waals surface area contributed by atoms with Crippen LogP contribution in [0.25, 0.3) is 16.0 Å². The van der Waals surface area contributed by atoms with Crippen molar-refractivity contribution in [2.45, 2.75) is 26.3 Å². The molecule has 0 spiro atoms. The molecule has 6 rings (SSSR count). The molecule has 1 atom stereocenters. The molecule has 0 unspecified atom stereocenters. The summed E-state index contributed by atoms with van der Waals surface area (Å²) in [5.41, 5.74) is 1.40. The molecule has 3 heterocycles. The number of hydrogen-bond acceptors (Lipinski definition) is 9. The Morgan fingerprint density at radius 3 is 2.62 bits per heavy atom. The predicted octanol–water partition coefficient (Wildman–Crippen LogP) is 6.53. The van der Waals surface area contributed by atoms with Crippen LogP contribution in [0.2, 0.25) is 5.02 Å². The standard InChI is InChI=1S/C31H27ClN2O7S/c1-3-11-39-21-9-5-17(14-23(21)38-4-2)27-26(28(35)18-6-10-22-24(15-18)41-13-12-40-22)29(36)30(37)34(27)31-33-20-8-7-19(32)16-25(20)42-31/h5-10,14-16,27,35H,3-4,11-13H2,1-2H3/t27-/m0/s1. The van der Waals surface area contributed by atoms with Gasteiger partial charge in [0, 0.05) is 10.6 Å². The molecule has 2 aliphatic rings. The molecule has 42 heavy (non-hydrogen) atoms. The third kappa shape index (κ3) is 5.01. The normalized spacial score (nSPS) is 17.6. The molecule has 0 radical (unpaired) electrons. The van der Waals surface area contributed by atoms with Crippen LogP contribution in [0.4, 0.5) is 5.13 Å². The number of ether oxygens (including phenoxy) is 4. The van der Waals surface area contributed by atoms with Crippen LogP contribution in [0.3, 0.4) is 0 Å². The lowest BCUT2D eigenvalue weighted by Crippen LogP contribution is -2.29. The maximum atomic E-state index is 13.7. The van der Waals surface area contributed by atoms with Crippen LogP contribution in [0.15, 0.2) is 60.2 Å². The summed E-state index contributed by atoms with van der Waals surface area (Å²) in [6, 6.07) is 14.4. The number of rotatable bonds is 8. The number of carbonyl (C=O) groups excluding carboxylic acids is 2. The average molecular weight is 607 g/mol. The van der Waals surface area contributed by atoms with Crippen LogP contribution in [-0.2, 0) is 9.59 Å². The van der Waals surface area contributed by atoms with Gasteiger partial charge in [0.25, 0.3) is 5.78 Å². The van der Waals surface area contributed by atoms with Gasteiger partial charge in [-0.2, -0.15) is 0 Å². The van der Waals surface area contributed by atoms with E-state index in [4.69, 9.17) is 30.5 Å². The highest BCUT2D eigenvalue weighted by molar-refractivity contribution is 7.22. The number of anilines is 1. The van der Waals surface area contributed by atoms with Gasteiger partial charge in [0.2, 0.25) is 0 Å². The highest BCUT2D eigenvalue weighted by Crippen LogP contribution is 2.46. The van der Waals surface area contributed by atoms with Gasteiger partial charge >= 0.3 is 5.91 Å². The topological polar surface area (TPSA) is 107 Å². The molecule has 2 aliphatic heterocycles. The van der Waals surface area contributed by atoms with Crippen molar-refractivity contribution in [2.24, 2.45) is 0 Å². The molecule has 0 bridgehead atoms. The Kier molecular flexibility index (Phi) is 7.66. The number of amides is 1. The Labute approximate surface area is 250 Å². The lowest BCUT2D eigenvalue weighted by atomic mass is 9.95. The fraction of sp³-hybridized carbons (Fsp3) is 0.258. The van der Waals surface area contributed by atoms with E-state index in [0.29, 0.717) is 76.2 Å². The maximum Gasteiger partial charge on any atom is 0.301 e. The number of benzene rings is 3. The number of carbonyl (C=O) groups is 2. The first-order valence-electron chi connectivity index (χ1n) is 13.6. The van der Waals surface area contributed by atoms with Crippen LogP contribution < -0.4 is 23.8 Å². The first kappa shape index (κ1) is 27.9. The largest absolute Gasteiger partial charge is 0.507 e. The van der Waals surface area contributed by atoms with Gasteiger partial charge in [-0.25, -0.2) is 4.98 Å². The van der Waals surface area contributed by atoms with Crippen LogP contribution in [0.5, 0.6) is 23.0 Å². The van der Waals surface area contributed by atoms with Gasteiger partial charge in [-0.3, -0.25) is 14.5 Å². The van der Waals surface area contributed by atoms with Crippen molar-refractivity contribution in [3.8, 4) is 23.0 Å². The van der Waals surface area contributed by atoms with Crippen molar-refractivity contribution in [3.63, 3.8) is 0 Å². The summed E-state index contributed by atoms with van der Waals surface area (Å²) < 4.78 is 23.8. The fourth-order valence-electron chi connectivity index (χ4n) is 4.98. The summed E-state index contributed by atoms with van der Waals surface area (Å²) in [6.07, 6.45) is 0.810. The summed E-state index contributed by atoms with van der Waals surface area (Å²) in [6.45, 7) is 5.51. The Hall–Kier alpha value is -4.28. The van der Waals surface area contributed by atoms with Crippen molar-refractivity contribution in [1.29, 1.82) is 0 Å². The number of aliphatic hydroxyl groups is 1. The zero-order chi connectivity index (χ0) is 29.4. The molecular formula is C31H27ClN2O7S. The number of thiazole rings is 1.